The largest absolute Gasteiger partial charge is 0.496 e. The highest BCUT2D eigenvalue weighted by atomic mass is 127. The number of benzene rings is 4. The minimum absolute atomic E-state index is 0.168. The van der Waals surface area contributed by atoms with Crippen molar-refractivity contribution in [2.45, 2.75) is 26.7 Å². The third-order valence-corrected chi connectivity index (χ3v) is 8.02. The van der Waals surface area contributed by atoms with Crippen molar-refractivity contribution in [3.63, 3.8) is 0 Å². The summed E-state index contributed by atoms with van der Waals surface area (Å²) in [5.74, 6) is 1.14. The number of hydrogen-bond donors (Lipinski definition) is 1. The van der Waals surface area contributed by atoms with Gasteiger partial charge in [-0.1, -0.05) is 32.0 Å². The fraction of sp³-hybridized carbons (Fsp3) is 0.200. The molecular weight excluding hydrogens is 702 g/mol. The summed E-state index contributed by atoms with van der Waals surface area (Å²) in [5, 5.41) is 7.66. The van der Waals surface area contributed by atoms with E-state index in [0.717, 1.165) is 22.4 Å². The van der Waals surface area contributed by atoms with Crippen LogP contribution in [-0.2, 0) is 4.79 Å². The monoisotopic (exact) mass is 734 g/mol. The van der Waals surface area contributed by atoms with Gasteiger partial charge in [-0.2, -0.15) is 9.78 Å². The number of halogens is 2. The van der Waals surface area contributed by atoms with E-state index in [9.17, 15) is 14.0 Å². The first kappa shape index (κ1) is 32.6. The van der Waals surface area contributed by atoms with E-state index < -0.39 is 11.7 Å². The van der Waals surface area contributed by atoms with Gasteiger partial charge in [-0.15, -0.1) is 0 Å². The Hall–Kier alpha value is -4.78. The van der Waals surface area contributed by atoms with Crippen LogP contribution in [0.1, 0.15) is 36.5 Å². The summed E-state index contributed by atoms with van der Waals surface area (Å²) < 4.78 is 32.4. The van der Waals surface area contributed by atoms with E-state index in [2.05, 4.69) is 46.9 Å². The number of fused-ring (bicyclic) bond motifs is 1. The number of carbonyl (C=O) groups is 1. The molecule has 11 heteroatoms. The van der Waals surface area contributed by atoms with Gasteiger partial charge in [-0.3, -0.25) is 9.59 Å². The van der Waals surface area contributed by atoms with Crippen molar-refractivity contribution in [2.75, 3.05) is 26.1 Å². The van der Waals surface area contributed by atoms with E-state index in [-0.39, 0.29) is 18.1 Å². The summed E-state index contributed by atoms with van der Waals surface area (Å²) in [4.78, 5) is 31.2. The van der Waals surface area contributed by atoms with E-state index in [1.807, 2.05) is 25.1 Å². The molecule has 1 heterocycles. The highest BCUT2D eigenvalue weighted by Crippen LogP contribution is 2.35. The van der Waals surface area contributed by atoms with Gasteiger partial charge in [-0.05, 0) is 107 Å². The van der Waals surface area contributed by atoms with Crippen molar-refractivity contribution in [1.29, 1.82) is 0 Å². The lowest BCUT2D eigenvalue weighted by Crippen LogP contribution is -2.21. The number of hydrogen-bond acceptors (Lipinski definition) is 7. The van der Waals surface area contributed by atoms with Crippen LogP contribution in [0, 0.1) is 16.3 Å². The summed E-state index contributed by atoms with van der Waals surface area (Å²) in [6, 6.07) is 20.2. The average molecular weight is 735 g/mol. The molecular formula is C35H32FIN4O5. The highest BCUT2D eigenvalue weighted by Gasteiger charge is 2.19. The predicted octanol–water partition coefficient (Wildman–Crippen LogP) is 7.16. The topological polar surface area (TPSA) is 104 Å². The van der Waals surface area contributed by atoms with Gasteiger partial charge in [0.1, 0.15) is 11.6 Å². The molecule has 1 N–H and O–H groups in total. The summed E-state index contributed by atoms with van der Waals surface area (Å²) in [6.45, 7) is 5.78. The zero-order chi connectivity index (χ0) is 33.0. The Bertz CT molecular complexity index is 2030. The number of aromatic nitrogens is 2. The van der Waals surface area contributed by atoms with Gasteiger partial charge in [0.05, 0.1) is 34.9 Å². The zero-order valence-electron chi connectivity index (χ0n) is 25.9. The van der Waals surface area contributed by atoms with Gasteiger partial charge in [0.2, 0.25) is 0 Å². The maximum absolute atomic E-state index is 13.8. The predicted molar refractivity (Wildman–Crippen MR) is 186 cm³/mol. The van der Waals surface area contributed by atoms with Gasteiger partial charge >= 0.3 is 0 Å². The van der Waals surface area contributed by atoms with Gasteiger partial charge in [0, 0.05) is 11.3 Å². The number of nitrogens with zero attached hydrogens (tertiary/aromatic N) is 3. The molecule has 0 fully saturated rings. The van der Waals surface area contributed by atoms with E-state index >= 15 is 0 Å². The Morgan fingerprint density at radius 3 is 2.52 bits per heavy atom. The minimum Gasteiger partial charge on any atom is -0.496 e. The van der Waals surface area contributed by atoms with Crippen molar-refractivity contribution >= 4 is 51.3 Å². The maximum Gasteiger partial charge on any atom is 0.282 e. The number of amides is 1. The molecule has 0 spiro atoms. The molecule has 9 nitrogen and oxygen atoms in total. The molecule has 0 unspecified atom stereocenters. The Labute approximate surface area is 279 Å². The lowest BCUT2D eigenvalue weighted by molar-refractivity contribution is -0.118. The average Bonchev–Trinajstić information content (AvgIpc) is 3.03. The Morgan fingerprint density at radius 2 is 1.80 bits per heavy atom. The summed E-state index contributed by atoms with van der Waals surface area (Å²) in [6.07, 6.45) is 1.55. The fourth-order valence-electron chi connectivity index (χ4n) is 4.95. The molecule has 0 atom stereocenters. The Kier molecular flexibility index (Phi) is 10.0. The van der Waals surface area contributed by atoms with Crippen molar-refractivity contribution in [3.05, 3.63) is 109 Å². The number of ether oxygens (including phenoxy) is 3. The Balaban J connectivity index is 1.50. The maximum atomic E-state index is 13.8. The molecule has 0 saturated carbocycles. The number of nitrogens with one attached hydrogen (secondary N) is 1. The summed E-state index contributed by atoms with van der Waals surface area (Å²) in [7, 11) is 3.13. The van der Waals surface area contributed by atoms with Gasteiger partial charge < -0.3 is 19.5 Å². The van der Waals surface area contributed by atoms with Crippen LogP contribution in [0.4, 0.5) is 10.1 Å². The molecule has 46 heavy (non-hydrogen) atoms. The van der Waals surface area contributed by atoms with Crippen LogP contribution in [0.3, 0.4) is 0 Å². The van der Waals surface area contributed by atoms with Crippen molar-refractivity contribution < 1.29 is 23.4 Å². The number of anilines is 1. The van der Waals surface area contributed by atoms with Crippen molar-refractivity contribution in [3.8, 4) is 28.6 Å². The molecule has 0 bridgehead atoms. The summed E-state index contributed by atoms with van der Waals surface area (Å²) >= 11 is 2.08. The molecule has 5 aromatic rings. The highest BCUT2D eigenvalue weighted by molar-refractivity contribution is 14.1. The lowest BCUT2D eigenvalue weighted by atomic mass is 9.96. The molecule has 0 aliphatic heterocycles. The molecule has 236 valence electrons. The van der Waals surface area contributed by atoms with Crippen LogP contribution in [-0.4, -0.2) is 42.6 Å². The number of aryl methyl sites for hydroxylation is 1. The molecule has 0 radical (unpaired) electrons. The number of para-hydroxylation sites is 1. The number of rotatable bonds is 10. The lowest BCUT2D eigenvalue weighted by Gasteiger charge is -2.17. The van der Waals surface area contributed by atoms with Crippen molar-refractivity contribution in [2.24, 2.45) is 5.10 Å². The fourth-order valence-corrected chi connectivity index (χ4v) is 5.73. The summed E-state index contributed by atoms with van der Waals surface area (Å²) in [5.41, 5.74) is 3.82. The third kappa shape index (κ3) is 7.04. The van der Waals surface area contributed by atoms with E-state index in [1.165, 1.54) is 30.0 Å². The standard InChI is InChI=1S/C35H32FIN4O5/c1-20(2)26-17-27(21(3)13-30(26)44-4)34-40-29-12-7-6-11-25(29)35(43)41(34)38-18-22-14-28(37)33(31(15-22)45-5)46-19-32(42)39-24-10-8-9-23(36)16-24/h6-18,20H,19H2,1-5H3,(H,39,42). The number of carbonyl (C=O) groups excluding carboxylic acids is 1. The molecule has 5 rings (SSSR count). The van der Waals surface area contributed by atoms with Gasteiger partial charge in [-0.25, -0.2) is 9.37 Å². The van der Waals surface area contributed by atoms with E-state index in [0.29, 0.717) is 43.0 Å². The van der Waals surface area contributed by atoms with Crippen LogP contribution in [0.2, 0.25) is 0 Å². The number of methoxy groups -OCH3 is 2. The van der Waals surface area contributed by atoms with Crippen LogP contribution in [0.5, 0.6) is 17.2 Å². The van der Waals surface area contributed by atoms with Crippen LogP contribution < -0.4 is 25.1 Å². The third-order valence-electron chi connectivity index (χ3n) is 7.22. The minimum atomic E-state index is -0.459. The first-order valence-corrected chi connectivity index (χ1v) is 15.5. The second kappa shape index (κ2) is 14.1. The van der Waals surface area contributed by atoms with E-state index in [4.69, 9.17) is 19.2 Å². The quantitative estimate of drug-likeness (QED) is 0.121. The van der Waals surface area contributed by atoms with Crippen LogP contribution >= 0.6 is 22.6 Å². The van der Waals surface area contributed by atoms with Crippen LogP contribution in [0.15, 0.2) is 82.7 Å². The first-order chi connectivity index (χ1) is 22.1. The second-order valence-electron chi connectivity index (χ2n) is 10.8. The SMILES string of the molecule is COc1cc(C)c(-c2nc3ccccc3c(=O)n2N=Cc2cc(I)c(OCC(=O)Nc3cccc(F)c3)c(OC)c2)cc1C(C)C. The van der Waals surface area contributed by atoms with Crippen molar-refractivity contribution in [1.82, 2.24) is 9.66 Å². The Morgan fingerprint density at radius 1 is 1.04 bits per heavy atom. The molecule has 0 saturated heterocycles. The van der Waals surface area contributed by atoms with E-state index in [1.54, 1.807) is 49.7 Å². The smallest absolute Gasteiger partial charge is 0.282 e. The first-order valence-electron chi connectivity index (χ1n) is 14.4. The molecule has 1 amide bonds. The van der Waals surface area contributed by atoms with Gasteiger partial charge in [0.15, 0.2) is 23.9 Å². The molecule has 0 aliphatic rings. The molecule has 0 aliphatic carbocycles. The van der Waals surface area contributed by atoms with Gasteiger partial charge in [0.25, 0.3) is 11.5 Å². The normalized spacial score (nSPS) is 11.3. The molecule has 1 aromatic heterocycles. The molecule has 4 aromatic carbocycles. The second-order valence-corrected chi connectivity index (χ2v) is 11.9. The van der Waals surface area contributed by atoms with Crippen LogP contribution in [0.25, 0.3) is 22.3 Å². The zero-order valence-corrected chi connectivity index (χ0v) is 28.1.